The van der Waals surface area contributed by atoms with Gasteiger partial charge in [0.05, 0.1) is 0 Å². The zero-order valence-corrected chi connectivity index (χ0v) is 17.7. The molecule has 2 heterocycles. The van der Waals surface area contributed by atoms with Crippen LogP contribution < -0.4 is 0 Å². The topological polar surface area (TPSA) is 63.4 Å². The lowest BCUT2D eigenvalue weighted by Gasteiger charge is -2.31. The quantitative estimate of drug-likeness (QED) is 0.523. The molecule has 160 valence electrons. The van der Waals surface area contributed by atoms with Gasteiger partial charge in [-0.2, -0.15) is 0 Å². The zero-order chi connectivity index (χ0) is 22.0. The van der Waals surface area contributed by atoms with Crippen LogP contribution in [0.3, 0.4) is 0 Å². The van der Waals surface area contributed by atoms with Crippen molar-refractivity contribution in [1.29, 1.82) is 0 Å². The Morgan fingerprint density at radius 2 is 1.90 bits per heavy atom. The van der Waals surface area contributed by atoms with Crippen molar-refractivity contribution >= 4 is 11.7 Å². The maximum absolute atomic E-state index is 14.7. The number of ketones is 1. The first-order valence-corrected chi connectivity index (χ1v) is 10.6. The Morgan fingerprint density at radius 1 is 1.13 bits per heavy atom. The van der Waals surface area contributed by atoms with Crippen molar-refractivity contribution in [2.45, 2.75) is 32.6 Å². The smallest absolute Gasteiger partial charge is 0.276 e. The Labute approximate surface area is 180 Å². The van der Waals surface area contributed by atoms with E-state index in [0.717, 1.165) is 5.56 Å². The number of likely N-dealkylation sites (tertiary alicyclic amines) is 1. The third-order valence-corrected chi connectivity index (χ3v) is 5.73. The largest absolute Gasteiger partial charge is 0.360 e. The molecule has 0 aliphatic carbocycles. The van der Waals surface area contributed by atoms with Gasteiger partial charge in [-0.15, -0.1) is 0 Å². The molecule has 0 N–H and O–H groups in total. The average molecular weight is 420 g/mol. The molecule has 2 aromatic carbocycles. The minimum Gasteiger partial charge on any atom is -0.360 e. The summed E-state index contributed by atoms with van der Waals surface area (Å²) in [4.78, 5) is 27.5. The van der Waals surface area contributed by atoms with Crippen LogP contribution in [0.2, 0.25) is 0 Å². The van der Waals surface area contributed by atoms with E-state index in [1.54, 1.807) is 23.1 Å². The zero-order valence-electron chi connectivity index (χ0n) is 17.7. The molecular weight excluding hydrogens is 395 g/mol. The summed E-state index contributed by atoms with van der Waals surface area (Å²) in [7, 11) is 0. The molecule has 31 heavy (non-hydrogen) atoms. The Morgan fingerprint density at radius 3 is 2.58 bits per heavy atom. The second kappa shape index (κ2) is 8.84. The highest BCUT2D eigenvalue weighted by Gasteiger charge is 2.31. The third kappa shape index (κ3) is 4.43. The van der Waals surface area contributed by atoms with Crippen LogP contribution in [0.15, 0.2) is 59.1 Å². The SMILES string of the molecule is CC(C)c1cc(C(=O)N2CCC[C@@H](C(=O)c3ccc(-c4ccccc4)c(F)c3)C2)no1. The summed E-state index contributed by atoms with van der Waals surface area (Å²) in [6.45, 7) is 4.79. The molecule has 1 atom stereocenters. The van der Waals surface area contributed by atoms with Gasteiger partial charge in [-0.05, 0) is 24.5 Å². The first-order valence-electron chi connectivity index (χ1n) is 10.6. The predicted molar refractivity (Wildman–Crippen MR) is 115 cm³/mol. The van der Waals surface area contributed by atoms with Gasteiger partial charge in [-0.25, -0.2) is 4.39 Å². The van der Waals surface area contributed by atoms with Crippen LogP contribution in [0.5, 0.6) is 0 Å². The Balaban J connectivity index is 1.48. The van der Waals surface area contributed by atoms with Crippen LogP contribution in [0.4, 0.5) is 4.39 Å². The van der Waals surface area contributed by atoms with Crippen LogP contribution in [-0.4, -0.2) is 34.8 Å². The Bertz CT molecular complexity index is 1090. The number of carbonyl (C=O) groups is 2. The van der Waals surface area contributed by atoms with Crippen LogP contribution in [0.25, 0.3) is 11.1 Å². The molecule has 1 aliphatic heterocycles. The highest BCUT2D eigenvalue weighted by atomic mass is 19.1. The van der Waals surface area contributed by atoms with Crippen molar-refractivity contribution in [3.8, 4) is 11.1 Å². The first-order chi connectivity index (χ1) is 14.9. The molecule has 1 amide bonds. The fraction of sp³-hybridized carbons (Fsp3) is 0.320. The van der Waals surface area contributed by atoms with Crippen LogP contribution >= 0.6 is 0 Å². The highest BCUT2D eigenvalue weighted by molar-refractivity contribution is 5.99. The van der Waals surface area contributed by atoms with Gasteiger partial charge in [0.2, 0.25) is 0 Å². The number of rotatable bonds is 5. The van der Waals surface area contributed by atoms with Gasteiger partial charge >= 0.3 is 0 Å². The van der Waals surface area contributed by atoms with Crippen molar-refractivity contribution in [3.63, 3.8) is 0 Å². The molecule has 0 radical (unpaired) electrons. The average Bonchev–Trinajstić information content (AvgIpc) is 3.29. The summed E-state index contributed by atoms with van der Waals surface area (Å²) in [5, 5.41) is 3.89. The van der Waals surface area contributed by atoms with Crippen LogP contribution in [0, 0.1) is 11.7 Å². The minimum absolute atomic E-state index is 0.137. The number of piperidine rings is 1. The van der Waals surface area contributed by atoms with E-state index in [2.05, 4.69) is 5.16 Å². The summed E-state index contributed by atoms with van der Waals surface area (Å²) in [5.41, 5.74) is 1.82. The lowest BCUT2D eigenvalue weighted by atomic mass is 9.89. The molecule has 1 aliphatic rings. The second-order valence-corrected chi connectivity index (χ2v) is 8.28. The summed E-state index contributed by atoms with van der Waals surface area (Å²) in [5.74, 6) is -0.376. The monoisotopic (exact) mass is 420 g/mol. The molecule has 0 saturated carbocycles. The third-order valence-electron chi connectivity index (χ3n) is 5.73. The molecule has 5 nitrogen and oxygen atoms in total. The molecule has 4 rings (SSSR count). The Kier molecular flexibility index (Phi) is 5.98. The van der Waals surface area contributed by atoms with Crippen LogP contribution in [-0.2, 0) is 0 Å². The number of nitrogens with zero attached hydrogens (tertiary/aromatic N) is 2. The van der Waals surface area contributed by atoms with Gasteiger partial charge in [0.1, 0.15) is 11.6 Å². The molecular formula is C25H25FN2O3. The van der Waals surface area contributed by atoms with Gasteiger partial charge in [0.15, 0.2) is 11.5 Å². The van der Waals surface area contributed by atoms with Crippen molar-refractivity contribution in [2.24, 2.45) is 5.92 Å². The fourth-order valence-electron chi connectivity index (χ4n) is 3.96. The predicted octanol–water partition coefficient (Wildman–Crippen LogP) is 5.34. The van der Waals surface area contributed by atoms with Gasteiger partial charge in [-0.1, -0.05) is 61.5 Å². The van der Waals surface area contributed by atoms with Gasteiger partial charge in [-0.3, -0.25) is 9.59 Å². The molecule has 0 bridgehead atoms. The molecule has 1 saturated heterocycles. The van der Waals surface area contributed by atoms with Crippen LogP contribution in [0.1, 0.15) is 59.2 Å². The van der Waals surface area contributed by atoms with Crippen molar-refractivity contribution in [3.05, 3.63) is 77.4 Å². The molecule has 0 unspecified atom stereocenters. The van der Waals surface area contributed by atoms with Crippen molar-refractivity contribution < 1.29 is 18.5 Å². The minimum atomic E-state index is -0.426. The highest BCUT2D eigenvalue weighted by Crippen LogP contribution is 2.27. The molecule has 6 heteroatoms. The van der Waals surface area contributed by atoms with E-state index in [0.29, 0.717) is 42.8 Å². The number of Topliss-reactive ketones (excluding diaryl/α,β-unsaturated/α-hetero) is 1. The lowest BCUT2D eigenvalue weighted by molar-refractivity contribution is 0.0628. The normalized spacial score (nSPS) is 16.5. The van der Waals surface area contributed by atoms with E-state index in [1.165, 1.54) is 6.07 Å². The summed E-state index contributed by atoms with van der Waals surface area (Å²) < 4.78 is 20.0. The van der Waals surface area contributed by atoms with E-state index >= 15 is 0 Å². The van der Waals surface area contributed by atoms with E-state index in [4.69, 9.17) is 4.52 Å². The maximum Gasteiger partial charge on any atom is 0.276 e. The molecule has 1 aromatic heterocycles. The fourth-order valence-corrected chi connectivity index (χ4v) is 3.96. The number of halogens is 1. The second-order valence-electron chi connectivity index (χ2n) is 8.28. The number of hydrogen-bond donors (Lipinski definition) is 0. The van der Waals surface area contributed by atoms with Gasteiger partial charge < -0.3 is 9.42 Å². The number of amides is 1. The standard InChI is InChI=1S/C25H25FN2O3/c1-16(2)23-14-22(27-31-23)25(30)28-12-6-9-19(15-28)24(29)18-10-11-20(21(26)13-18)17-7-4-3-5-8-17/h3-5,7-8,10-11,13-14,16,19H,6,9,12,15H2,1-2H3/t19-/m1/s1. The Hall–Kier alpha value is -3.28. The first kappa shape index (κ1) is 21.0. The lowest BCUT2D eigenvalue weighted by Crippen LogP contribution is -2.42. The van der Waals surface area contributed by atoms with E-state index in [-0.39, 0.29) is 29.2 Å². The van der Waals surface area contributed by atoms with E-state index in [9.17, 15) is 14.0 Å². The van der Waals surface area contributed by atoms with Crippen molar-refractivity contribution in [1.82, 2.24) is 10.1 Å². The van der Waals surface area contributed by atoms with E-state index < -0.39 is 5.82 Å². The maximum atomic E-state index is 14.7. The molecule has 1 fully saturated rings. The van der Waals surface area contributed by atoms with Gasteiger partial charge in [0, 0.05) is 42.1 Å². The van der Waals surface area contributed by atoms with Gasteiger partial charge in [0.25, 0.3) is 5.91 Å². The molecule has 3 aromatic rings. The number of carbonyl (C=O) groups excluding carboxylic acids is 2. The number of hydrogen-bond acceptors (Lipinski definition) is 4. The van der Waals surface area contributed by atoms with E-state index in [1.807, 2.05) is 44.2 Å². The summed E-state index contributed by atoms with van der Waals surface area (Å²) in [6, 6.07) is 15.5. The number of aromatic nitrogens is 1. The summed E-state index contributed by atoms with van der Waals surface area (Å²) in [6.07, 6.45) is 1.38. The number of benzene rings is 2. The summed E-state index contributed by atoms with van der Waals surface area (Å²) >= 11 is 0. The van der Waals surface area contributed by atoms with Crippen molar-refractivity contribution in [2.75, 3.05) is 13.1 Å². The molecule has 0 spiro atoms.